The number of amides is 1. The lowest BCUT2D eigenvalue weighted by molar-refractivity contribution is -0.111. The lowest BCUT2D eigenvalue weighted by atomic mass is 10.0. The van der Waals surface area contributed by atoms with Crippen molar-refractivity contribution in [3.05, 3.63) is 68.1 Å². The molecule has 0 saturated heterocycles. The number of rotatable bonds is 5. The first-order valence-electron chi connectivity index (χ1n) is 7.57. The van der Waals surface area contributed by atoms with E-state index in [1.165, 1.54) is 24.5 Å². The van der Waals surface area contributed by atoms with Gasteiger partial charge < -0.3 is 10.1 Å². The van der Waals surface area contributed by atoms with E-state index >= 15 is 0 Å². The molecule has 3 aromatic rings. The van der Waals surface area contributed by atoms with Crippen LogP contribution in [0.3, 0.4) is 0 Å². The summed E-state index contributed by atoms with van der Waals surface area (Å²) in [6.07, 6.45) is 3.19. The summed E-state index contributed by atoms with van der Waals surface area (Å²) in [5, 5.41) is 7.03. The van der Waals surface area contributed by atoms with E-state index in [0.717, 1.165) is 20.5 Å². The van der Waals surface area contributed by atoms with Crippen LogP contribution in [0.4, 0.5) is 5.00 Å². The van der Waals surface area contributed by atoms with Gasteiger partial charge >= 0.3 is 5.97 Å². The van der Waals surface area contributed by atoms with Crippen molar-refractivity contribution in [2.24, 2.45) is 0 Å². The van der Waals surface area contributed by atoms with Gasteiger partial charge in [0.15, 0.2) is 0 Å². The third-order valence-electron chi connectivity index (χ3n) is 3.51. The summed E-state index contributed by atoms with van der Waals surface area (Å²) in [5.74, 6) is -0.783. The van der Waals surface area contributed by atoms with Crippen LogP contribution in [0.1, 0.15) is 15.2 Å². The molecule has 2 aromatic heterocycles. The van der Waals surface area contributed by atoms with E-state index in [1.54, 1.807) is 17.4 Å². The zero-order valence-corrected chi connectivity index (χ0v) is 16.9. The van der Waals surface area contributed by atoms with Crippen molar-refractivity contribution in [3.8, 4) is 11.1 Å². The molecule has 7 heteroatoms. The minimum atomic E-state index is -0.485. The molecule has 0 unspecified atom stereocenters. The third kappa shape index (κ3) is 4.30. The second-order valence-corrected chi connectivity index (χ2v) is 7.96. The van der Waals surface area contributed by atoms with Crippen molar-refractivity contribution in [1.29, 1.82) is 0 Å². The lowest BCUT2D eigenvalue weighted by Crippen LogP contribution is -2.11. The molecule has 4 nitrogen and oxygen atoms in total. The van der Waals surface area contributed by atoms with Gasteiger partial charge in [-0.1, -0.05) is 34.1 Å². The van der Waals surface area contributed by atoms with Gasteiger partial charge in [-0.25, -0.2) is 4.79 Å². The topological polar surface area (TPSA) is 55.4 Å². The Morgan fingerprint density at radius 3 is 2.58 bits per heavy atom. The van der Waals surface area contributed by atoms with Crippen molar-refractivity contribution >= 4 is 61.6 Å². The summed E-state index contributed by atoms with van der Waals surface area (Å²) in [6, 6.07) is 11.4. The molecule has 0 bridgehead atoms. The Hall–Kier alpha value is -2.22. The smallest absolute Gasteiger partial charge is 0.341 e. The number of ether oxygens (including phenoxy) is 1. The van der Waals surface area contributed by atoms with Crippen molar-refractivity contribution in [1.82, 2.24) is 0 Å². The van der Waals surface area contributed by atoms with E-state index in [9.17, 15) is 9.59 Å². The summed E-state index contributed by atoms with van der Waals surface area (Å²) in [6.45, 7) is 0. The Morgan fingerprint density at radius 1 is 1.15 bits per heavy atom. The summed E-state index contributed by atoms with van der Waals surface area (Å²) in [4.78, 5) is 25.5. The normalized spacial score (nSPS) is 10.8. The molecule has 0 saturated carbocycles. The molecule has 0 fully saturated rings. The maximum absolute atomic E-state index is 12.3. The number of hydrogen-bond acceptors (Lipinski definition) is 5. The highest BCUT2D eigenvalue weighted by Gasteiger charge is 2.21. The second kappa shape index (κ2) is 8.44. The van der Waals surface area contributed by atoms with Crippen LogP contribution in [0, 0.1) is 0 Å². The van der Waals surface area contributed by atoms with Crippen LogP contribution in [-0.4, -0.2) is 19.0 Å². The van der Waals surface area contributed by atoms with Gasteiger partial charge in [0.05, 0.1) is 7.11 Å². The molecule has 0 aliphatic carbocycles. The molecule has 0 radical (unpaired) electrons. The standard InChI is InChI=1S/C19H14BrNO3S2/c1-24-19(23)17-15(12-4-6-13(20)7-5-12)11-26-18(17)21-16(22)9-8-14-3-2-10-25-14/h2-11H,1H3,(H,21,22)/b9-8+. The molecular formula is C19H14BrNO3S2. The Balaban J connectivity index is 1.88. The fourth-order valence-electron chi connectivity index (χ4n) is 2.29. The van der Waals surface area contributed by atoms with Gasteiger partial charge in [0, 0.05) is 26.4 Å². The minimum Gasteiger partial charge on any atom is -0.465 e. The van der Waals surface area contributed by atoms with Crippen molar-refractivity contribution in [3.63, 3.8) is 0 Å². The van der Waals surface area contributed by atoms with E-state index in [-0.39, 0.29) is 5.91 Å². The molecule has 1 aromatic carbocycles. The van der Waals surface area contributed by atoms with Gasteiger partial charge in [0.2, 0.25) is 5.91 Å². The zero-order valence-electron chi connectivity index (χ0n) is 13.7. The molecule has 3 rings (SSSR count). The Labute approximate surface area is 167 Å². The van der Waals surface area contributed by atoms with Gasteiger partial charge in [0.25, 0.3) is 0 Å². The summed E-state index contributed by atoms with van der Waals surface area (Å²) in [7, 11) is 1.33. The van der Waals surface area contributed by atoms with Crippen molar-refractivity contribution in [2.45, 2.75) is 0 Å². The first kappa shape index (κ1) is 18.6. The zero-order chi connectivity index (χ0) is 18.5. The number of nitrogens with one attached hydrogen (secondary N) is 1. The predicted molar refractivity (Wildman–Crippen MR) is 111 cm³/mol. The summed E-state index contributed by atoms with van der Waals surface area (Å²) in [5.41, 5.74) is 1.96. The monoisotopic (exact) mass is 447 g/mol. The molecule has 2 heterocycles. The number of halogens is 1. The molecule has 0 aliphatic heterocycles. The Morgan fingerprint density at radius 2 is 1.92 bits per heavy atom. The highest BCUT2D eigenvalue weighted by molar-refractivity contribution is 9.10. The first-order valence-corrected chi connectivity index (χ1v) is 10.1. The number of esters is 1. The molecule has 0 spiro atoms. The summed E-state index contributed by atoms with van der Waals surface area (Å²) >= 11 is 6.24. The van der Waals surface area contributed by atoms with Crippen LogP contribution in [0.25, 0.3) is 17.2 Å². The summed E-state index contributed by atoms with van der Waals surface area (Å²) < 4.78 is 5.86. The average Bonchev–Trinajstić information content (AvgIpc) is 3.30. The number of benzene rings is 1. The van der Waals surface area contributed by atoms with Gasteiger partial charge in [0.1, 0.15) is 10.6 Å². The van der Waals surface area contributed by atoms with Crippen molar-refractivity contribution in [2.75, 3.05) is 12.4 Å². The van der Waals surface area contributed by atoms with Crippen molar-refractivity contribution < 1.29 is 14.3 Å². The fraction of sp³-hybridized carbons (Fsp3) is 0.0526. The fourth-order valence-corrected chi connectivity index (χ4v) is 4.14. The van der Waals surface area contributed by atoms with Crippen LogP contribution in [-0.2, 0) is 9.53 Å². The van der Waals surface area contributed by atoms with Gasteiger partial charge in [-0.2, -0.15) is 0 Å². The largest absolute Gasteiger partial charge is 0.465 e. The lowest BCUT2D eigenvalue weighted by Gasteiger charge is -2.06. The first-order chi connectivity index (χ1) is 12.6. The Kier molecular flexibility index (Phi) is 6.03. The number of anilines is 1. The van der Waals surface area contributed by atoms with E-state index in [1.807, 2.05) is 47.2 Å². The molecular weight excluding hydrogens is 434 g/mol. The van der Waals surface area contributed by atoms with Crippen LogP contribution in [0.5, 0.6) is 0 Å². The van der Waals surface area contributed by atoms with Crippen LogP contribution in [0.2, 0.25) is 0 Å². The maximum Gasteiger partial charge on any atom is 0.341 e. The predicted octanol–water partition coefficient (Wildman–Crippen LogP) is 5.68. The molecule has 1 N–H and O–H groups in total. The highest BCUT2D eigenvalue weighted by atomic mass is 79.9. The second-order valence-electron chi connectivity index (χ2n) is 5.19. The number of carbonyl (C=O) groups excluding carboxylic acids is 2. The van der Waals surface area contributed by atoms with Crippen LogP contribution in [0.15, 0.2) is 57.7 Å². The van der Waals surface area contributed by atoms with E-state index < -0.39 is 5.97 Å². The minimum absolute atomic E-state index is 0.298. The number of hydrogen-bond donors (Lipinski definition) is 1. The molecule has 26 heavy (non-hydrogen) atoms. The molecule has 0 aliphatic rings. The van der Waals surface area contributed by atoms with Crippen LogP contribution >= 0.6 is 38.6 Å². The van der Waals surface area contributed by atoms with E-state index in [4.69, 9.17) is 4.74 Å². The van der Waals surface area contributed by atoms with Gasteiger partial charge in [-0.15, -0.1) is 22.7 Å². The number of thiophene rings is 2. The van der Waals surface area contributed by atoms with Gasteiger partial charge in [-0.05, 0) is 35.2 Å². The van der Waals surface area contributed by atoms with Crippen LogP contribution < -0.4 is 5.32 Å². The molecule has 0 atom stereocenters. The quantitative estimate of drug-likeness (QED) is 0.404. The van der Waals surface area contributed by atoms with Gasteiger partial charge in [-0.3, -0.25) is 4.79 Å². The third-order valence-corrected chi connectivity index (χ3v) is 5.78. The maximum atomic E-state index is 12.3. The number of carbonyl (C=O) groups is 2. The highest BCUT2D eigenvalue weighted by Crippen LogP contribution is 2.36. The SMILES string of the molecule is COC(=O)c1c(-c2ccc(Br)cc2)csc1NC(=O)/C=C/c1cccs1. The van der Waals surface area contributed by atoms with E-state index in [2.05, 4.69) is 21.2 Å². The molecule has 132 valence electrons. The Bertz CT molecular complexity index is 944. The number of methoxy groups -OCH3 is 1. The average molecular weight is 448 g/mol. The van der Waals surface area contributed by atoms with E-state index in [0.29, 0.717) is 10.6 Å². The molecule has 1 amide bonds.